The lowest BCUT2D eigenvalue weighted by Crippen LogP contribution is -2.48. The standard InChI is InChI=1S/C13H20N2O3S/c1-9-6-10-7-11(4-5-12(10)18-9)19(16,17)15-13(2,3)8-14/h4-5,7,9,15H,6,8,14H2,1-3H3. The molecule has 6 heteroatoms. The Bertz CT molecular complexity index is 582. The van der Waals surface area contributed by atoms with Crippen LogP contribution in [0.25, 0.3) is 0 Å². The smallest absolute Gasteiger partial charge is 0.241 e. The fourth-order valence-electron chi connectivity index (χ4n) is 2.03. The highest BCUT2D eigenvalue weighted by atomic mass is 32.2. The summed E-state index contributed by atoms with van der Waals surface area (Å²) in [4.78, 5) is 0.255. The maximum atomic E-state index is 12.3. The Labute approximate surface area is 114 Å². The van der Waals surface area contributed by atoms with E-state index in [0.29, 0.717) is 0 Å². The van der Waals surface area contributed by atoms with E-state index in [1.807, 2.05) is 6.92 Å². The number of fused-ring (bicyclic) bond motifs is 1. The van der Waals surface area contributed by atoms with Gasteiger partial charge in [-0.2, -0.15) is 0 Å². The molecule has 1 aliphatic heterocycles. The fourth-order valence-corrected chi connectivity index (χ4v) is 3.50. The van der Waals surface area contributed by atoms with Gasteiger partial charge in [-0.15, -0.1) is 0 Å². The molecule has 1 unspecified atom stereocenters. The van der Waals surface area contributed by atoms with Gasteiger partial charge >= 0.3 is 0 Å². The van der Waals surface area contributed by atoms with Crippen molar-refractivity contribution in [3.63, 3.8) is 0 Å². The molecular weight excluding hydrogens is 264 g/mol. The van der Waals surface area contributed by atoms with Gasteiger partial charge in [0.2, 0.25) is 10.0 Å². The summed E-state index contributed by atoms with van der Waals surface area (Å²) in [7, 11) is -3.55. The summed E-state index contributed by atoms with van der Waals surface area (Å²) in [5.74, 6) is 0.768. The summed E-state index contributed by atoms with van der Waals surface area (Å²) in [6.45, 7) is 5.70. The molecule has 3 N–H and O–H groups in total. The summed E-state index contributed by atoms with van der Waals surface area (Å²) in [6, 6.07) is 4.95. The predicted molar refractivity (Wildman–Crippen MR) is 73.7 cm³/mol. The second-order valence-electron chi connectivity index (χ2n) is 5.60. The number of nitrogens with one attached hydrogen (secondary N) is 1. The van der Waals surface area contributed by atoms with E-state index in [0.717, 1.165) is 17.7 Å². The van der Waals surface area contributed by atoms with Crippen LogP contribution in [0.4, 0.5) is 0 Å². The molecule has 0 radical (unpaired) electrons. The Morgan fingerprint density at radius 1 is 1.47 bits per heavy atom. The lowest BCUT2D eigenvalue weighted by atomic mass is 10.1. The molecule has 19 heavy (non-hydrogen) atoms. The molecule has 5 nitrogen and oxygen atoms in total. The number of hydrogen-bond acceptors (Lipinski definition) is 4. The Kier molecular flexibility index (Phi) is 3.59. The van der Waals surface area contributed by atoms with Gasteiger partial charge < -0.3 is 10.5 Å². The zero-order chi connectivity index (χ0) is 14.3. The quantitative estimate of drug-likeness (QED) is 0.865. The van der Waals surface area contributed by atoms with Crippen molar-refractivity contribution in [2.45, 2.75) is 43.7 Å². The van der Waals surface area contributed by atoms with Crippen LogP contribution in [0.1, 0.15) is 26.3 Å². The monoisotopic (exact) mass is 284 g/mol. The number of hydrogen-bond donors (Lipinski definition) is 2. The molecule has 0 bridgehead atoms. The van der Waals surface area contributed by atoms with Gasteiger partial charge in [-0.3, -0.25) is 0 Å². The highest BCUT2D eigenvalue weighted by molar-refractivity contribution is 7.89. The van der Waals surface area contributed by atoms with Crippen molar-refractivity contribution in [3.8, 4) is 5.75 Å². The predicted octanol–water partition coefficient (Wildman–Crippen LogP) is 1.03. The van der Waals surface area contributed by atoms with Gasteiger partial charge in [0.15, 0.2) is 0 Å². The highest BCUT2D eigenvalue weighted by Crippen LogP contribution is 2.30. The van der Waals surface area contributed by atoms with E-state index < -0.39 is 15.6 Å². The van der Waals surface area contributed by atoms with E-state index in [9.17, 15) is 8.42 Å². The normalized spacial score (nSPS) is 19.1. The van der Waals surface area contributed by atoms with Crippen molar-refractivity contribution in [1.29, 1.82) is 0 Å². The van der Waals surface area contributed by atoms with Crippen LogP contribution >= 0.6 is 0 Å². The molecule has 1 aromatic rings. The van der Waals surface area contributed by atoms with Crippen LogP contribution in [-0.2, 0) is 16.4 Å². The van der Waals surface area contributed by atoms with Crippen molar-refractivity contribution < 1.29 is 13.2 Å². The van der Waals surface area contributed by atoms with Crippen molar-refractivity contribution in [1.82, 2.24) is 4.72 Å². The minimum absolute atomic E-state index is 0.0985. The molecule has 1 aliphatic rings. The van der Waals surface area contributed by atoms with Crippen LogP contribution in [0.2, 0.25) is 0 Å². The number of rotatable bonds is 4. The van der Waals surface area contributed by atoms with E-state index in [2.05, 4.69) is 4.72 Å². The number of nitrogens with two attached hydrogens (primary N) is 1. The Hall–Kier alpha value is -1.11. The second-order valence-corrected chi connectivity index (χ2v) is 7.28. The lowest BCUT2D eigenvalue weighted by molar-refractivity contribution is 0.254. The Balaban J connectivity index is 2.30. The van der Waals surface area contributed by atoms with Gasteiger partial charge in [0.25, 0.3) is 0 Å². The molecule has 0 saturated heterocycles. The van der Waals surface area contributed by atoms with Crippen LogP contribution in [0.3, 0.4) is 0 Å². The first-order valence-corrected chi connectivity index (χ1v) is 7.75. The van der Waals surface area contributed by atoms with Crippen LogP contribution in [0, 0.1) is 0 Å². The largest absolute Gasteiger partial charge is 0.490 e. The summed E-state index contributed by atoms with van der Waals surface area (Å²) in [6.07, 6.45) is 0.834. The van der Waals surface area contributed by atoms with E-state index in [1.165, 1.54) is 0 Å². The van der Waals surface area contributed by atoms with Crippen molar-refractivity contribution in [3.05, 3.63) is 23.8 Å². The zero-order valence-corrected chi connectivity index (χ0v) is 12.3. The van der Waals surface area contributed by atoms with E-state index in [4.69, 9.17) is 10.5 Å². The molecule has 0 fully saturated rings. The molecule has 1 aromatic carbocycles. The first-order valence-electron chi connectivity index (χ1n) is 6.27. The summed E-state index contributed by atoms with van der Waals surface area (Å²) < 4.78 is 32.7. The summed E-state index contributed by atoms with van der Waals surface area (Å²) in [5.41, 5.74) is 5.82. The lowest BCUT2D eigenvalue weighted by Gasteiger charge is -2.23. The average Bonchev–Trinajstić information content (AvgIpc) is 2.66. The van der Waals surface area contributed by atoms with E-state index in [1.54, 1.807) is 32.0 Å². The van der Waals surface area contributed by atoms with Crippen LogP contribution in [-0.4, -0.2) is 26.6 Å². The van der Waals surface area contributed by atoms with Gasteiger partial charge in [0.05, 0.1) is 4.90 Å². The first-order chi connectivity index (χ1) is 8.73. The van der Waals surface area contributed by atoms with E-state index in [-0.39, 0.29) is 17.5 Å². The molecule has 1 atom stereocenters. The molecular formula is C13H20N2O3S. The molecule has 1 heterocycles. The SMILES string of the molecule is CC1Cc2cc(S(=O)(=O)NC(C)(C)CN)ccc2O1. The van der Waals surface area contributed by atoms with Crippen molar-refractivity contribution in [2.24, 2.45) is 5.73 Å². The molecule has 106 valence electrons. The molecule has 2 rings (SSSR count). The van der Waals surface area contributed by atoms with Crippen LogP contribution in [0.5, 0.6) is 5.75 Å². The third-order valence-corrected chi connectivity index (χ3v) is 4.79. The van der Waals surface area contributed by atoms with Crippen LogP contribution in [0.15, 0.2) is 23.1 Å². The van der Waals surface area contributed by atoms with Crippen molar-refractivity contribution >= 4 is 10.0 Å². The number of sulfonamides is 1. The third kappa shape index (κ3) is 3.08. The van der Waals surface area contributed by atoms with Crippen molar-refractivity contribution in [2.75, 3.05) is 6.54 Å². The third-order valence-electron chi connectivity index (χ3n) is 3.10. The Morgan fingerprint density at radius 2 is 2.16 bits per heavy atom. The van der Waals surface area contributed by atoms with E-state index >= 15 is 0 Å². The summed E-state index contributed by atoms with van der Waals surface area (Å²) in [5, 5.41) is 0. The maximum absolute atomic E-state index is 12.3. The van der Waals surface area contributed by atoms with Gasteiger partial charge in [-0.25, -0.2) is 13.1 Å². The van der Waals surface area contributed by atoms with Gasteiger partial charge in [0, 0.05) is 18.5 Å². The topological polar surface area (TPSA) is 81.4 Å². The van der Waals surface area contributed by atoms with Gasteiger partial charge in [-0.1, -0.05) is 0 Å². The van der Waals surface area contributed by atoms with Crippen LogP contribution < -0.4 is 15.2 Å². The molecule has 0 amide bonds. The summed E-state index contributed by atoms with van der Waals surface area (Å²) >= 11 is 0. The number of benzene rings is 1. The molecule has 0 aromatic heterocycles. The molecule has 0 saturated carbocycles. The minimum atomic E-state index is -3.55. The highest BCUT2D eigenvalue weighted by Gasteiger charge is 2.27. The van der Waals surface area contributed by atoms with Gasteiger partial charge in [0.1, 0.15) is 11.9 Å². The minimum Gasteiger partial charge on any atom is -0.490 e. The maximum Gasteiger partial charge on any atom is 0.241 e. The zero-order valence-electron chi connectivity index (χ0n) is 11.4. The Morgan fingerprint density at radius 3 is 2.79 bits per heavy atom. The number of ether oxygens (including phenoxy) is 1. The first kappa shape index (κ1) is 14.3. The fraction of sp³-hybridized carbons (Fsp3) is 0.538. The second kappa shape index (κ2) is 4.77. The average molecular weight is 284 g/mol. The molecule has 0 aliphatic carbocycles. The molecule has 0 spiro atoms. The van der Waals surface area contributed by atoms with Gasteiger partial charge in [-0.05, 0) is 44.5 Å².